The molecule has 2 aromatic carbocycles. The van der Waals surface area contributed by atoms with Gasteiger partial charge in [-0.2, -0.15) is 0 Å². The van der Waals surface area contributed by atoms with Crippen LogP contribution >= 0.6 is 0 Å². The van der Waals surface area contributed by atoms with Gasteiger partial charge in [-0.15, -0.1) is 0 Å². The number of aromatic amines is 1. The summed E-state index contributed by atoms with van der Waals surface area (Å²) in [5, 5.41) is 8.20. The van der Waals surface area contributed by atoms with Crippen molar-refractivity contribution < 1.29 is 9.53 Å². The molecule has 6 N–H and O–H groups in total. The molecule has 0 saturated carbocycles. The fraction of sp³-hybridized carbons (Fsp3) is 0.111. The van der Waals surface area contributed by atoms with E-state index >= 15 is 0 Å². The fourth-order valence-corrected chi connectivity index (χ4v) is 2.51. The highest BCUT2D eigenvalue weighted by atomic mass is 16.5. The number of guanidine groups is 1. The largest absolute Gasteiger partial charge is 0.455 e. The number of H-pyrrole nitrogens is 1. The standard InChI is InChI=1S/C18H19N5O2/c1-23(18(20)21)17(24)13-9-11-6-4-8-15(16(11)22-13)25-14-7-3-2-5-12(14)10-19/h2-9,22H,10,19H2,1H3,(H3,20,21). The van der Waals surface area contributed by atoms with Crippen LogP contribution in [-0.4, -0.2) is 28.8 Å². The van der Waals surface area contributed by atoms with Gasteiger partial charge in [0, 0.05) is 24.5 Å². The summed E-state index contributed by atoms with van der Waals surface area (Å²) < 4.78 is 6.01. The second-order valence-electron chi connectivity index (χ2n) is 5.57. The molecule has 1 amide bonds. The van der Waals surface area contributed by atoms with Crippen LogP contribution in [0.3, 0.4) is 0 Å². The quantitative estimate of drug-likeness (QED) is 0.431. The molecular formula is C18H19N5O2. The maximum atomic E-state index is 12.3. The fourth-order valence-electron chi connectivity index (χ4n) is 2.51. The van der Waals surface area contributed by atoms with Crippen LogP contribution in [0.1, 0.15) is 16.1 Å². The normalized spacial score (nSPS) is 10.6. The summed E-state index contributed by atoms with van der Waals surface area (Å²) in [5.74, 6) is 0.540. The van der Waals surface area contributed by atoms with E-state index in [9.17, 15) is 4.79 Å². The SMILES string of the molecule is CN(C(=N)N)C(=O)c1cc2cccc(Oc3ccccc3CN)c2[nH]1. The molecule has 0 atom stereocenters. The van der Waals surface area contributed by atoms with Crippen LogP contribution in [0.15, 0.2) is 48.5 Å². The van der Waals surface area contributed by atoms with Crippen molar-refractivity contribution in [2.24, 2.45) is 11.5 Å². The molecule has 1 heterocycles. The van der Waals surface area contributed by atoms with Crippen molar-refractivity contribution >= 4 is 22.8 Å². The lowest BCUT2D eigenvalue weighted by Gasteiger charge is -2.13. The van der Waals surface area contributed by atoms with Crippen LogP contribution in [0, 0.1) is 5.41 Å². The molecular weight excluding hydrogens is 318 g/mol. The van der Waals surface area contributed by atoms with Gasteiger partial charge in [-0.3, -0.25) is 15.1 Å². The van der Waals surface area contributed by atoms with Crippen LogP contribution < -0.4 is 16.2 Å². The minimum atomic E-state index is -0.392. The number of para-hydroxylation sites is 2. The molecule has 7 heteroatoms. The first-order valence-electron chi connectivity index (χ1n) is 7.71. The van der Waals surface area contributed by atoms with E-state index in [1.165, 1.54) is 7.05 Å². The zero-order chi connectivity index (χ0) is 18.0. The van der Waals surface area contributed by atoms with E-state index in [1.54, 1.807) is 6.07 Å². The number of carbonyl (C=O) groups excluding carboxylic acids is 1. The van der Waals surface area contributed by atoms with Gasteiger partial charge in [-0.05, 0) is 18.2 Å². The first-order chi connectivity index (χ1) is 12.0. The van der Waals surface area contributed by atoms with Gasteiger partial charge in [0.15, 0.2) is 11.7 Å². The molecule has 0 aliphatic rings. The van der Waals surface area contributed by atoms with Crippen LogP contribution in [0.2, 0.25) is 0 Å². The number of rotatable bonds is 4. The number of benzene rings is 2. The number of fused-ring (bicyclic) bond motifs is 1. The Morgan fingerprint density at radius 2 is 1.92 bits per heavy atom. The molecule has 0 spiro atoms. The third-order valence-electron chi connectivity index (χ3n) is 3.93. The van der Waals surface area contributed by atoms with Crippen molar-refractivity contribution in [3.05, 3.63) is 59.8 Å². The molecule has 0 unspecified atom stereocenters. The number of nitrogens with zero attached hydrogens (tertiary/aromatic N) is 1. The van der Waals surface area contributed by atoms with Crippen molar-refractivity contribution in [3.8, 4) is 11.5 Å². The molecule has 25 heavy (non-hydrogen) atoms. The van der Waals surface area contributed by atoms with E-state index in [0.29, 0.717) is 29.3 Å². The minimum absolute atomic E-state index is 0.322. The van der Waals surface area contributed by atoms with Crippen molar-refractivity contribution in [1.82, 2.24) is 9.88 Å². The summed E-state index contributed by atoms with van der Waals surface area (Å²) >= 11 is 0. The molecule has 0 aliphatic carbocycles. The first-order valence-corrected chi connectivity index (χ1v) is 7.71. The maximum absolute atomic E-state index is 12.3. The first kappa shape index (κ1) is 16.5. The molecule has 7 nitrogen and oxygen atoms in total. The zero-order valence-electron chi connectivity index (χ0n) is 13.7. The van der Waals surface area contributed by atoms with E-state index in [4.69, 9.17) is 21.6 Å². The van der Waals surface area contributed by atoms with E-state index < -0.39 is 5.91 Å². The highest BCUT2D eigenvalue weighted by Gasteiger charge is 2.18. The van der Waals surface area contributed by atoms with Crippen LogP contribution in [0.25, 0.3) is 10.9 Å². The van der Waals surface area contributed by atoms with Gasteiger partial charge in [0.1, 0.15) is 11.4 Å². The zero-order valence-corrected chi connectivity index (χ0v) is 13.7. The summed E-state index contributed by atoms with van der Waals surface area (Å²) in [6.07, 6.45) is 0. The van der Waals surface area contributed by atoms with Gasteiger partial charge in [0.25, 0.3) is 5.91 Å². The minimum Gasteiger partial charge on any atom is -0.455 e. The van der Waals surface area contributed by atoms with Gasteiger partial charge < -0.3 is 21.2 Å². The van der Waals surface area contributed by atoms with Gasteiger partial charge in [0.05, 0.1) is 5.52 Å². The summed E-state index contributed by atoms with van der Waals surface area (Å²) in [4.78, 5) is 16.5. The van der Waals surface area contributed by atoms with Gasteiger partial charge in [0.2, 0.25) is 0 Å². The number of amides is 1. The number of aromatic nitrogens is 1. The highest BCUT2D eigenvalue weighted by molar-refractivity contribution is 6.06. The predicted octanol–water partition coefficient (Wildman–Crippen LogP) is 2.38. The van der Waals surface area contributed by atoms with E-state index in [0.717, 1.165) is 15.8 Å². The smallest absolute Gasteiger partial charge is 0.276 e. The molecule has 128 valence electrons. The Morgan fingerprint density at radius 3 is 2.64 bits per heavy atom. The maximum Gasteiger partial charge on any atom is 0.276 e. The van der Waals surface area contributed by atoms with Crippen molar-refractivity contribution in [3.63, 3.8) is 0 Å². The molecule has 0 aliphatic heterocycles. The monoisotopic (exact) mass is 337 g/mol. The number of ether oxygens (including phenoxy) is 1. The van der Waals surface area contributed by atoms with Gasteiger partial charge >= 0.3 is 0 Å². The Balaban J connectivity index is 2.00. The third kappa shape index (κ3) is 3.17. The summed E-state index contributed by atoms with van der Waals surface area (Å²) in [6.45, 7) is 0.365. The molecule has 0 saturated heterocycles. The molecule has 0 fully saturated rings. The Morgan fingerprint density at radius 1 is 1.20 bits per heavy atom. The second kappa shape index (κ2) is 6.66. The number of nitrogens with two attached hydrogens (primary N) is 2. The lowest BCUT2D eigenvalue weighted by molar-refractivity contribution is 0.0864. The number of hydrogen-bond donors (Lipinski definition) is 4. The Kier molecular flexibility index (Phi) is 4.40. The topological polar surface area (TPSA) is 121 Å². The van der Waals surface area contributed by atoms with E-state index in [2.05, 4.69) is 4.98 Å². The predicted molar refractivity (Wildman–Crippen MR) is 96.7 cm³/mol. The highest BCUT2D eigenvalue weighted by Crippen LogP contribution is 2.31. The summed E-state index contributed by atoms with van der Waals surface area (Å²) in [5.41, 5.74) is 13.0. The number of nitrogens with one attached hydrogen (secondary N) is 2. The third-order valence-corrected chi connectivity index (χ3v) is 3.93. The molecule has 3 rings (SSSR count). The number of carbonyl (C=O) groups is 1. The van der Waals surface area contributed by atoms with Crippen LogP contribution in [0.4, 0.5) is 0 Å². The average Bonchev–Trinajstić information content (AvgIpc) is 3.06. The van der Waals surface area contributed by atoms with E-state index in [1.807, 2.05) is 42.5 Å². The Bertz CT molecular complexity index is 948. The van der Waals surface area contributed by atoms with Crippen LogP contribution in [-0.2, 0) is 6.54 Å². The second-order valence-corrected chi connectivity index (χ2v) is 5.57. The lowest BCUT2D eigenvalue weighted by atomic mass is 10.2. The summed E-state index contributed by atoms with van der Waals surface area (Å²) in [7, 11) is 1.45. The van der Waals surface area contributed by atoms with E-state index in [-0.39, 0.29) is 5.96 Å². The molecule has 0 bridgehead atoms. The average molecular weight is 337 g/mol. The molecule has 0 radical (unpaired) electrons. The van der Waals surface area contributed by atoms with Crippen molar-refractivity contribution in [1.29, 1.82) is 5.41 Å². The summed E-state index contributed by atoms with van der Waals surface area (Å²) in [6, 6.07) is 14.8. The lowest BCUT2D eigenvalue weighted by Crippen LogP contribution is -2.38. The Hall–Kier alpha value is -3.32. The molecule has 1 aromatic heterocycles. The number of hydrogen-bond acceptors (Lipinski definition) is 4. The van der Waals surface area contributed by atoms with Gasteiger partial charge in [-0.25, -0.2) is 0 Å². The van der Waals surface area contributed by atoms with Crippen LogP contribution in [0.5, 0.6) is 11.5 Å². The van der Waals surface area contributed by atoms with Crippen molar-refractivity contribution in [2.45, 2.75) is 6.54 Å². The molecule has 3 aromatic rings. The Labute approximate surface area is 144 Å². The van der Waals surface area contributed by atoms with Gasteiger partial charge in [-0.1, -0.05) is 30.3 Å². The van der Waals surface area contributed by atoms with Crippen molar-refractivity contribution in [2.75, 3.05) is 7.05 Å².